The Balaban J connectivity index is 1.94. The number of carbonyl (C=O) groups excluding carboxylic acids is 1. The zero-order valence-electron chi connectivity index (χ0n) is 17.6. The van der Waals surface area contributed by atoms with E-state index in [2.05, 4.69) is 15.0 Å². The van der Waals surface area contributed by atoms with Crippen molar-refractivity contribution in [2.45, 2.75) is 13.3 Å². The van der Waals surface area contributed by atoms with E-state index >= 15 is 0 Å². The molecule has 0 saturated carbocycles. The Kier molecular flexibility index (Phi) is 5.00. The van der Waals surface area contributed by atoms with Gasteiger partial charge in [-0.1, -0.05) is 6.92 Å². The number of imidazole rings is 1. The molecule has 10 heteroatoms. The Morgan fingerprint density at radius 1 is 0.971 bits per heavy atom. The van der Waals surface area contributed by atoms with E-state index < -0.39 is 29.3 Å². The lowest BCUT2D eigenvalue weighted by Crippen LogP contribution is -2.12. The lowest BCUT2D eigenvalue weighted by atomic mass is 10.0. The lowest BCUT2D eigenvalue weighted by molar-refractivity contribution is 0.100. The van der Waals surface area contributed by atoms with E-state index in [-0.39, 0.29) is 44.3 Å². The Hall–Kier alpha value is -4.34. The highest BCUT2D eigenvalue weighted by atomic mass is 19.2. The summed E-state index contributed by atoms with van der Waals surface area (Å²) in [7, 11) is 0. The average molecular weight is 465 g/mol. The summed E-state index contributed by atoms with van der Waals surface area (Å²) >= 11 is 0. The zero-order chi connectivity index (χ0) is 24.1. The Morgan fingerprint density at radius 3 is 2.44 bits per heavy atom. The second-order valence-electron chi connectivity index (χ2n) is 7.52. The number of aromatic nitrogens is 4. The number of nitrogens with zero attached hydrogens (tertiary/aromatic N) is 4. The molecule has 170 valence electrons. The summed E-state index contributed by atoms with van der Waals surface area (Å²) in [6.45, 7) is 1.79. The van der Waals surface area contributed by atoms with Gasteiger partial charge in [0.1, 0.15) is 28.5 Å². The molecule has 0 saturated heterocycles. The molecule has 5 rings (SSSR count). The minimum absolute atomic E-state index is 0.0393. The molecule has 0 atom stereocenters. The summed E-state index contributed by atoms with van der Waals surface area (Å²) in [4.78, 5) is 24.0. The number of aryl methyl sites for hydroxylation is 1. The molecule has 0 radical (unpaired) electrons. The van der Waals surface area contributed by atoms with Crippen molar-refractivity contribution < 1.29 is 22.4 Å². The number of hydrogen-bond donors (Lipinski definition) is 1. The molecule has 2 N–H and O–H groups in total. The third-order valence-electron chi connectivity index (χ3n) is 5.58. The largest absolute Gasteiger partial charge is 0.366 e. The van der Waals surface area contributed by atoms with Crippen LogP contribution in [0, 0.1) is 23.4 Å². The van der Waals surface area contributed by atoms with Gasteiger partial charge in [-0.15, -0.1) is 0 Å². The molecule has 0 unspecified atom stereocenters. The highest BCUT2D eigenvalue weighted by Crippen LogP contribution is 2.34. The molecule has 0 bridgehead atoms. The van der Waals surface area contributed by atoms with E-state index in [1.54, 1.807) is 6.92 Å². The number of halogens is 4. The zero-order valence-corrected chi connectivity index (χ0v) is 17.6. The van der Waals surface area contributed by atoms with Crippen molar-refractivity contribution in [2.24, 2.45) is 5.73 Å². The first-order valence-electron chi connectivity index (χ1n) is 10.2. The van der Waals surface area contributed by atoms with E-state index in [1.807, 2.05) is 0 Å². The van der Waals surface area contributed by atoms with Crippen LogP contribution in [0.5, 0.6) is 0 Å². The monoisotopic (exact) mass is 465 g/mol. The van der Waals surface area contributed by atoms with Crippen LogP contribution in [0.4, 0.5) is 17.6 Å². The van der Waals surface area contributed by atoms with Crippen LogP contribution < -0.4 is 5.73 Å². The third-order valence-corrected chi connectivity index (χ3v) is 5.58. The fraction of sp³-hybridized carbons (Fsp3) is 0.0833. The van der Waals surface area contributed by atoms with Crippen LogP contribution in [0.2, 0.25) is 0 Å². The van der Waals surface area contributed by atoms with Crippen LogP contribution in [0.15, 0.2) is 48.8 Å². The quantitative estimate of drug-likeness (QED) is 0.304. The van der Waals surface area contributed by atoms with Gasteiger partial charge in [0.05, 0.1) is 22.2 Å². The molecule has 0 aliphatic rings. The number of carbonyl (C=O) groups is 1. The van der Waals surface area contributed by atoms with Crippen molar-refractivity contribution in [2.75, 3.05) is 0 Å². The fourth-order valence-electron chi connectivity index (χ4n) is 4.08. The number of hydrogen-bond acceptors (Lipinski definition) is 4. The van der Waals surface area contributed by atoms with E-state index in [0.29, 0.717) is 12.2 Å². The van der Waals surface area contributed by atoms with E-state index in [4.69, 9.17) is 5.73 Å². The summed E-state index contributed by atoms with van der Waals surface area (Å²) in [5.41, 5.74) is 6.01. The van der Waals surface area contributed by atoms with Crippen LogP contribution in [0.1, 0.15) is 23.1 Å². The number of amides is 1. The lowest BCUT2D eigenvalue weighted by Gasteiger charge is -2.13. The van der Waals surface area contributed by atoms with Gasteiger partial charge in [-0.3, -0.25) is 14.3 Å². The Labute approximate surface area is 189 Å². The van der Waals surface area contributed by atoms with Gasteiger partial charge < -0.3 is 5.73 Å². The van der Waals surface area contributed by atoms with Crippen LogP contribution >= 0.6 is 0 Å². The SMILES string of the molecule is CCc1nc2c(C(N)=O)cc(-c3ccnc(F)c3F)cc2n1-c1ccnc2c(F)ccc(F)c12. The number of fused-ring (bicyclic) bond motifs is 2. The number of nitrogens with two attached hydrogens (primary N) is 1. The Bertz CT molecular complexity index is 1630. The smallest absolute Gasteiger partial charge is 0.250 e. The van der Waals surface area contributed by atoms with Crippen molar-refractivity contribution in [3.8, 4) is 16.8 Å². The number of primary amides is 1. The number of benzene rings is 2. The van der Waals surface area contributed by atoms with Crippen LogP contribution in [0.25, 0.3) is 38.8 Å². The van der Waals surface area contributed by atoms with E-state index in [9.17, 15) is 22.4 Å². The third kappa shape index (κ3) is 3.18. The predicted octanol–water partition coefficient (Wildman–Crippen LogP) is 4.85. The molecule has 0 aliphatic carbocycles. The van der Waals surface area contributed by atoms with Crippen molar-refractivity contribution in [1.82, 2.24) is 19.5 Å². The predicted molar refractivity (Wildman–Crippen MR) is 117 cm³/mol. The van der Waals surface area contributed by atoms with Gasteiger partial charge in [0, 0.05) is 24.4 Å². The summed E-state index contributed by atoms with van der Waals surface area (Å²) < 4.78 is 59.2. The highest BCUT2D eigenvalue weighted by molar-refractivity contribution is 6.07. The molecule has 0 aliphatic heterocycles. The highest BCUT2D eigenvalue weighted by Gasteiger charge is 2.23. The van der Waals surface area contributed by atoms with Crippen LogP contribution in [-0.4, -0.2) is 25.4 Å². The molecule has 5 aromatic rings. The van der Waals surface area contributed by atoms with Gasteiger partial charge in [-0.25, -0.2) is 23.1 Å². The second kappa shape index (κ2) is 7.91. The van der Waals surface area contributed by atoms with Gasteiger partial charge >= 0.3 is 0 Å². The van der Waals surface area contributed by atoms with Gasteiger partial charge in [0.25, 0.3) is 5.91 Å². The normalized spacial score (nSPS) is 11.4. The summed E-state index contributed by atoms with van der Waals surface area (Å²) in [5, 5.41) is -0.0938. The van der Waals surface area contributed by atoms with Gasteiger partial charge in [-0.05, 0) is 42.0 Å². The maximum Gasteiger partial charge on any atom is 0.250 e. The number of pyridine rings is 2. The molecule has 0 fully saturated rings. The summed E-state index contributed by atoms with van der Waals surface area (Å²) in [5.74, 6) is -4.37. The van der Waals surface area contributed by atoms with E-state index in [1.165, 1.54) is 35.0 Å². The van der Waals surface area contributed by atoms with E-state index in [0.717, 1.165) is 18.3 Å². The van der Waals surface area contributed by atoms with Crippen molar-refractivity contribution in [1.29, 1.82) is 0 Å². The van der Waals surface area contributed by atoms with Crippen molar-refractivity contribution in [3.63, 3.8) is 0 Å². The molecule has 34 heavy (non-hydrogen) atoms. The molecule has 6 nitrogen and oxygen atoms in total. The van der Waals surface area contributed by atoms with Gasteiger partial charge in [0.15, 0.2) is 5.82 Å². The van der Waals surface area contributed by atoms with Gasteiger partial charge in [-0.2, -0.15) is 4.39 Å². The Morgan fingerprint density at radius 2 is 1.71 bits per heavy atom. The minimum atomic E-state index is -1.31. The molecule has 1 amide bonds. The maximum atomic E-state index is 14.9. The molecular formula is C24H15F4N5O. The van der Waals surface area contributed by atoms with Crippen molar-refractivity contribution in [3.05, 3.63) is 83.6 Å². The average Bonchev–Trinajstić information content (AvgIpc) is 3.20. The topological polar surface area (TPSA) is 86.7 Å². The summed E-state index contributed by atoms with van der Waals surface area (Å²) in [6.07, 6.45) is 2.76. The molecule has 0 spiro atoms. The molecular weight excluding hydrogens is 450 g/mol. The van der Waals surface area contributed by atoms with Gasteiger partial charge in [0.2, 0.25) is 5.95 Å². The summed E-state index contributed by atoms with van der Waals surface area (Å²) in [6, 6.07) is 7.49. The first kappa shape index (κ1) is 21.5. The molecule has 2 aromatic carbocycles. The number of rotatable bonds is 4. The first-order valence-corrected chi connectivity index (χ1v) is 10.2. The van der Waals surface area contributed by atoms with Crippen LogP contribution in [-0.2, 0) is 6.42 Å². The molecule has 3 aromatic heterocycles. The minimum Gasteiger partial charge on any atom is -0.366 e. The standard InChI is InChI=1S/C24H15F4N5O/c1-2-18-32-21-13(24(29)34)9-11(12-5-7-31-23(28)20(12)27)10-17(21)33(18)16-6-8-30-22-15(26)4-3-14(25)19(16)22/h3-10H,2H2,1H3,(H2,29,34). The fourth-order valence-corrected chi connectivity index (χ4v) is 4.08. The molecule has 3 heterocycles. The second-order valence-corrected chi connectivity index (χ2v) is 7.52. The van der Waals surface area contributed by atoms with Crippen LogP contribution in [0.3, 0.4) is 0 Å². The van der Waals surface area contributed by atoms with Crippen molar-refractivity contribution >= 4 is 27.8 Å². The first-order chi connectivity index (χ1) is 16.3. The maximum absolute atomic E-state index is 14.9.